The van der Waals surface area contributed by atoms with Gasteiger partial charge in [-0.15, -0.1) is 0 Å². The summed E-state index contributed by atoms with van der Waals surface area (Å²) in [5, 5.41) is 6.73. The van der Waals surface area contributed by atoms with Gasteiger partial charge in [-0.2, -0.15) is 0 Å². The van der Waals surface area contributed by atoms with Gasteiger partial charge >= 0.3 is 5.97 Å². The van der Waals surface area contributed by atoms with Crippen molar-refractivity contribution in [3.05, 3.63) is 101 Å². The number of ether oxygens (including phenoxy) is 1. The number of nitrogens with one attached hydrogen (secondary N) is 2. The first-order valence-corrected chi connectivity index (χ1v) is 11.8. The molecule has 6 nitrogen and oxygen atoms in total. The van der Waals surface area contributed by atoms with Crippen LogP contribution in [0.15, 0.2) is 90.1 Å². The smallest absolute Gasteiger partial charge is 0.337 e. The first kappa shape index (κ1) is 24.2. The van der Waals surface area contributed by atoms with E-state index in [0.29, 0.717) is 28.5 Å². The van der Waals surface area contributed by atoms with E-state index < -0.39 is 12.0 Å². The minimum Gasteiger partial charge on any atom is -0.466 e. The highest BCUT2D eigenvalue weighted by Gasteiger charge is 2.33. The molecule has 178 valence electrons. The first-order valence-electron chi connectivity index (χ1n) is 11.4. The summed E-state index contributed by atoms with van der Waals surface area (Å²) in [6.45, 7) is 4.48. The van der Waals surface area contributed by atoms with Crippen LogP contribution in [-0.4, -0.2) is 35.5 Å². The standard InChI is InChI=1S/C28H27N3O3S/c1-4-31-18(2)24(27(33)34-3)25(30-28(31)35)21-14-16-23(17-15-21)29-26(32)22-12-10-20(11-13-22)19-8-6-5-7-9-19/h5-17,25H,4H2,1-3H3,(H,29,32)(H,30,35)/t25-/m0/s1. The number of allylic oxidation sites excluding steroid dienone is 1. The summed E-state index contributed by atoms with van der Waals surface area (Å²) in [6.07, 6.45) is 0. The van der Waals surface area contributed by atoms with Crippen LogP contribution in [0.1, 0.15) is 35.8 Å². The molecule has 1 aliphatic rings. The summed E-state index contributed by atoms with van der Waals surface area (Å²) in [7, 11) is 1.37. The maximum absolute atomic E-state index is 12.8. The fourth-order valence-corrected chi connectivity index (χ4v) is 4.58. The van der Waals surface area contributed by atoms with Crippen molar-refractivity contribution < 1.29 is 14.3 Å². The van der Waals surface area contributed by atoms with E-state index in [1.165, 1.54) is 7.11 Å². The quantitative estimate of drug-likeness (QED) is 0.365. The van der Waals surface area contributed by atoms with Gasteiger partial charge in [-0.3, -0.25) is 4.79 Å². The topological polar surface area (TPSA) is 70.7 Å². The van der Waals surface area contributed by atoms with E-state index in [2.05, 4.69) is 10.6 Å². The van der Waals surface area contributed by atoms with E-state index >= 15 is 0 Å². The van der Waals surface area contributed by atoms with Gasteiger partial charge in [-0.05, 0) is 67.0 Å². The van der Waals surface area contributed by atoms with Crippen LogP contribution < -0.4 is 10.6 Å². The van der Waals surface area contributed by atoms with Crippen molar-refractivity contribution in [2.75, 3.05) is 19.0 Å². The average Bonchev–Trinajstić information content (AvgIpc) is 2.89. The van der Waals surface area contributed by atoms with Crippen molar-refractivity contribution in [1.82, 2.24) is 10.2 Å². The largest absolute Gasteiger partial charge is 0.466 e. The highest BCUT2D eigenvalue weighted by atomic mass is 32.1. The predicted octanol–water partition coefficient (Wildman–Crippen LogP) is 5.30. The number of anilines is 1. The maximum Gasteiger partial charge on any atom is 0.337 e. The normalized spacial score (nSPS) is 15.5. The number of carbonyl (C=O) groups is 2. The third-order valence-electron chi connectivity index (χ3n) is 6.07. The molecule has 1 aliphatic heterocycles. The molecule has 35 heavy (non-hydrogen) atoms. The lowest BCUT2D eigenvalue weighted by Crippen LogP contribution is -2.47. The molecule has 2 N–H and O–H groups in total. The molecule has 0 radical (unpaired) electrons. The van der Waals surface area contributed by atoms with Gasteiger partial charge in [-0.25, -0.2) is 4.79 Å². The Labute approximate surface area is 210 Å². The zero-order valence-electron chi connectivity index (χ0n) is 19.9. The Balaban J connectivity index is 1.50. The van der Waals surface area contributed by atoms with Gasteiger partial charge in [-0.1, -0.05) is 54.6 Å². The highest BCUT2D eigenvalue weighted by molar-refractivity contribution is 7.80. The summed E-state index contributed by atoms with van der Waals surface area (Å²) >= 11 is 5.50. The van der Waals surface area contributed by atoms with E-state index in [0.717, 1.165) is 22.4 Å². The third kappa shape index (κ3) is 5.10. The van der Waals surface area contributed by atoms with Crippen molar-refractivity contribution in [3.63, 3.8) is 0 Å². The Kier molecular flexibility index (Phi) is 7.27. The molecule has 0 saturated carbocycles. The molecular weight excluding hydrogens is 458 g/mol. The number of hydrogen-bond acceptors (Lipinski definition) is 4. The van der Waals surface area contributed by atoms with Crippen LogP contribution >= 0.6 is 12.2 Å². The molecule has 0 unspecified atom stereocenters. The van der Waals surface area contributed by atoms with Crippen molar-refractivity contribution in [3.8, 4) is 11.1 Å². The Morgan fingerprint density at radius 3 is 2.20 bits per heavy atom. The van der Waals surface area contributed by atoms with Crippen LogP contribution in [0, 0.1) is 0 Å². The van der Waals surface area contributed by atoms with Crippen LogP contribution in [0.2, 0.25) is 0 Å². The van der Waals surface area contributed by atoms with Gasteiger partial charge in [0, 0.05) is 23.5 Å². The molecular formula is C28H27N3O3S. The average molecular weight is 486 g/mol. The first-order chi connectivity index (χ1) is 16.9. The number of nitrogens with zero attached hydrogens (tertiary/aromatic N) is 1. The summed E-state index contributed by atoms with van der Waals surface area (Å²) < 4.78 is 5.04. The Morgan fingerprint density at radius 1 is 0.971 bits per heavy atom. The number of carbonyl (C=O) groups excluding carboxylic acids is 2. The number of hydrogen-bond donors (Lipinski definition) is 2. The van der Waals surface area contributed by atoms with E-state index in [1.54, 1.807) is 0 Å². The molecule has 3 aromatic rings. The molecule has 1 atom stereocenters. The van der Waals surface area contributed by atoms with Crippen molar-refractivity contribution >= 4 is 34.9 Å². The minimum atomic E-state index is -0.437. The van der Waals surface area contributed by atoms with Crippen LogP contribution in [0.4, 0.5) is 5.69 Å². The summed E-state index contributed by atoms with van der Waals surface area (Å²) in [5.41, 5.74) is 5.49. The van der Waals surface area contributed by atoms with Gasteiger partial charge in [0.25, 0.3) is 5.91 Å². The predicted molar refractivity (Wildman–Crippen MR) is 142 cm³/mol. The molecule has 0 spiro atoms. The maximum atomic E-state index is 12.8. The molecule has 1 amide bonds. The molecule has 1 heterocycles. The number of rotatable bonds is 6. The van der Waals surface area contributed by atoms with Crippen LogP contribution in [-0.2, 0) is 9.53 Å². The second-order valence-electron chi connectivity index (χ2n) is 8.14. The fraction of sp³-hybridized carbons (Fsp3) is 0.179. The van der Waals surface area contributed by atoms with Gasteiger partial charge in [0.2, 0.25) is 0 Å². The van der Waals surface area contributed by atoms with E-state index in [4.69, 9.17) is 17.0 Å². The summed E-state index contributed by atoms with van der Waals surface area (Å²) in [6, 6.07) is 24.4. The number of methoxy groups -OCH3 is 1. The van der Waals surface area contributed by atoms with E-state index in [1.807, 2.05) is 97.6 Å². The minimum absolute atomic E-state index is 0.195. The molecule has 0 saturated heterocycles. The number of thiocarbonyl (C=S) groups is 1. The SMILES string of the molecule is CCN1C(=S)N[C@@H](c2ccc(NC(=O)c3ccc(-c4ccccc4)cc3)cc2)C(C(=O)OC)=C1C. The van der Waals surface area contributed by atoms with Gasteiger partial charge in [0.15, 0.2) is 5.11 Å². The van der Waals surface area contributed by atoms with Crippen molar-refractivity contribution in [2.45, 2.75) is 19.9 Å². The van der Waals surface area contributed by atoms with Gasteiger partial charge < -0.3 is 20.3 Å². The lowest BCUT2D eigenvalue weighted by Gasteiger charge is -2.36. The van der Waals surface area contributed by atoms with Crippen molar-refractivity contribution in [2.24, 2.45) is 0 Å². The third-order valence-corrected chi connectivity index (χ3v) is 6.41. The molecule has 0 aromatic heterocycles. The van der Waals surface area contributed by atoms with Gasteiger partial charge in [0.05, 0.1) is 18.7 Å². The monoisotopic (exact) mass is 485 g/mol. The second-order valence-corrected chi connectivity index (χ2v) is 8.52. The summed E-state index contributed by atoms with van der Waals surface area (Å²) in [5.74, 6) is -0.601. The molecule has 0 fully saturated rings. The Morgan fingerprint density at radius 2 is 1.60 bits per heavy atom. The number of amides is 1. The zero-order chi connectivity index (χ0) is 24.9. The van der Waals surface area contributed by atoms with Gasteiger partial charge in [0.1, 0.15) is 0 Å². The van der Waals surface area contributed by atoms with Crippen LogP contribution in [0.3, 0.4) is 0 Å². The van der Waals surface area contributed by atoms with Crippen LogP contribution in [0.5, 0.6) is 0 Å². The van der Waals surface area contributed by atoms with E-state index in [-0.39, 0.29) is 5.91 Å². The highest BCUT2D eigenvalue weighted by Crippen LogP contribution is 2.32. The lowest BCUT2D eigenvalue weighted by atomic mass is 9.95. The fourth-order valence-electron chi connectivity index (χ4n) is 4.19. The number of benzene rings is 3. The lowest BCUT2D eigenvalue weighted by molar-refractivity contribution is -0.136. The number of esters is 1. The summed E-state index contributed by atoms with van der Waals surface area (Å²) in [4.78, 5) is 27.2. The second kappa shape index (κ2) is 10.5. The Hall–Kier alpha value is -3.97. The molecule has 0 bridgehead atoms. The molecule has 7 heteroatoms. The van der Waals surface area contributed by atoms with Crippen molar-refractivity contribution in [1.29, 1.82) is 0 Å². The van der Waals surface area contributed by atoms with E-state index in [9.17, 15) is 9.59 Å². The Bertz CT molecular complexity index is 1270. The molecule has 0 aliphatic carbocycles. The van der Waals surface area contributed by atoms with Crippen LogP contribution in [0.25, 0.3) is 11.1 Å². The molecule has 3 aromatic carbocycles. The molecule has 4 rings (SSSR count). The zero-order valence-corrected chi connectivity index (χ0v) is 20.7.